The van der Waals surface area contributed by atoms with Crippen LogP contribution in [0.4, 0.5) is 11.4 Å². The number of benzene rings is 2. The van der Waals surface area contributed by atoms with Gasteiger partial charge in [-0.25, -0.2) is 0 Å². The number of hydrogen-bond acceptors (Lipinski definition) is 4. The van der Waals surface area contributed by atoms with Crippen molar-refractivity contribution in [1.82, 2.24) is 10.2 Å². The van der Waals surface area contributed by atoms with Gasteiger partial charge in [-0.05, 0) is 37.0 Å². The van der Waals surface area contributed by atoms with Crippen molar-refractivity contribution in [1.29, 1.82) is 0 Å². The lowest BCUT2D eigenvalue weighted by molar-refractivity contribution is 0.279. The van der Waals surface area contributed by atoms with Crippen molar-refractivity contribution in [3.8, 4) is 0 Å². The number of hydrogen-bond donors (Lipinski definition) is 2. The van der Waals surface area contributed by atoms with E-state index in [-0.39, 0.29) is 6.61 Å². The smallest absolute Gasteiger partial charge is 0.0672 e. The van der Waals surface area contributed by atoms with Crippen molar-refractivity contribution in [3.05, 3.63) is 54.2 Å². The quantitative estimate of drug-likeness (QED) is 0.704. The van der Waals surface area contributed by atoms with E-state index in [9.17, 15) is 5.11 Å². The average molecular weight is 377 g/mol. The van der Waals surface area contributed by atoms with Gasteiger partial charge in [0.05, 0.1) is 23.1 Å². The van der Waals surface area contributed by atoms with Crippen LogP contribution in [0.5, 0.6) is 0 Å². The summed E-state index contributed by atoms with van der Waals surface area (Å²) in [6, 6.07) is 16.4. The number of nitrogens with one attached hydrogen (secondary N) is 1. The molecule has 2 atom stereocenters. The summed E-state index contributed by atoms with van der Waals surface area (Å²) in [6.07, 6.45) is 7.76. The summed E-state index contributed by atoms with van der Waals surface area (Å²) in [6.45, 7) is 2.08. The van der Waals surface area contributed by atoms with Crippen LogP contribution in [0.15, 0.2) is 48.7 Å². The Morgan fingerprint density at radius 2 is 1.75 bits per heavy atom. The van der Waals surface area contributed by atoms with Crippen molar-refractivity contribution in [2.45, 2.75) is 50.7 Å². The van der Waals surface area contributed by atoms with Crippen molar-refractivity contribution >= 4 is 22.3 Å². The first-order valence-electron chi connectivity index (χ1n) is 10.5. The van der Waals surface area contributed by atoms with Crippen molar-refractivity contribution in [2.75, 3.05) is 23.0 Å². The zero-order valence-electron chi connectivity index (χ0n) is 16.2. The van der Waals surface area contributed by atoms with Gasteiger partial charge in [0.25, 0.3) is 0 Å². The molecular weight excluding hydrogens is 348 g/mol. The first kappa shape index (κ1) is 17.6. The maximum absolute atomic E-state index is 9.47. The first-order valence-corrected chi connectivity index (χ1v) is 10.5. The Bertz CT molecular complexity index is 938. The van der Waals surface area contributed by atoms with E-state index in [1.807, 2.05) is 6.20 Å². The molecule has 5 heteroatoms. The van der Waals surface area contributed by atoms with Crippen molar-refractivity contribution < 1.29 is 5.11 Å². The maximum Gasteiger partial charge on any atom is 0.0672 e. The molecule has 1 aliphatic carbocycles. The molecule has 2 heterocycles. The van der Waals surface area contributed by atoms with Gasteiger partial charge in [0.1, 0.15) is 0 Å². The highest BCUT2D eigenvalue weighted by Gasteiger charge is 2.40. The molecule has 0 saturated heterocycles. The number of fused-ring (bicyclic) bond motifs is 3. The van der Waals surface area contributed by atoms with Crippen LogP contribution in [0.1, 0.15) is 37.7 Å². The minimum absolute atomic E-state index is 0.241. The van der Waals surface area contributed by atoms with Crippen molar-refractivity contribution in [2.24, 2.45) is 0 Å². The zero-order chi connectivity index (χ0) is 18.9. The third-order valence-corrected chi connectivity index (χ3v) is 6.40. The molecule has 1 aromatic heterocycles. The highest BCUT2D eigenvalue weighted by Crippen LogP contribution is 2.45. The summed E-state index contributed by atoms with van der Waals surface area (Å²) in [5.74, 6) is 0. The molecule has 0 spiro atoms. The molecule has 2 aliphatic rings. The van der Waals surface area contributed by atoms with Crippen LogP contribution >= 0.6 is 0 Å². The number of rotatable bonds is 5. The van der Waals surface area contributed by atoms with Gasteiger partial charge in [-0.2, -0.15) is 5.10 Å². The molecule has 1 aliphatic heterocycles. The van der Waals surface area contributed by atoms with Crippen molar-refractivity contribution in [3.63, 3.8) is 0 Å². The van der Waals surface area contributed by atoms with Crippen LogP contribution in [-0.4, -0.2) is 40.5 Å². The summed E-state index contributed by atoms with van der Waals surface area (Å²) in [4.78, 5) is 5.20. The molecule has 0 bridgehead atoms. The number of aromatic nitrogens is 2. The summed E-state index contributed by atoms with van der Waals surface area (Å²) in [5.41, 5.74) is 5.03. The Balaban J connectivity index is 1.62. The Kier molecular flexibility index (Phi) is 4.69. The molecule has 5 rings (SSSR count). The van der Waals surface area contributed by atoms with E-state index in [1.54, 1.807) is 0 Å². The standard InChI is InChI=1S/C23H28N4O/c28-12-6-11-26-20-9-4-5-10-21(20)27(16-17-7-2-1-3-8-17)23-14-19-18(13-22(23)26)15-24-25-19/h1-3,7-8,13-15,20-21,28H,4-6,9-12,16H2,(H,24,25)/t20-,21+/m0/s1. The molecule has 0 amide bonds. The van der Waals surface area contributed by atoms with Crippen LogP contribution in [-0.2, 0) is 6.54 Å². The van der Waals surface area contributed by atoms with E-state index in [0.29, 0.717) is 12.1 Å². The SMILES string of the molecule is OCCCN1c2cc3cn[nH]c3cc2N(Cc2ccccc2)[C@@H]2CCCC[C@@H]21. The van der Waals surface area contributed by atoms with Gasteiger partial charge < -0.3 is 14.9 Å². The third-order valence-electron chi connectivity index (χ3n) is 6.40. The molecule has 146 valence electrons. The molecule has 28 heavy (non-hydrogen) atoms. The lowest BCUT2D eigenvalue weighted by Gasteiger charge is -2.52. The van der Waals surface area contributed by atoms with E-state index >= 15 is 0 Å². The lowest BCUT2D eigenvalue weighted by Crippen LogP contribution is -2.57. The van der Waals surface area contributed by atoms with E-state index < -0.39 is 0 Å². The number of anilines is 2. The highest BCUT2D eigenvalue weighted by molar-refractivity contribution is 5.91. The lowest BCUT2D eigenvalue weighted by atomic mass is 9.84. The molecule has 1 saturated carbocycles. The van der Waals surface area contributed by atoms with E-state index in [4.69, 9.17) is 0 Å². The number of nitrogens with zero attached hydrogens (tertiary/aromatic N) is 3. The number of aromatic amines is 1. The largest absolute Gasteiger partial charge is 0.396 e. The molecule has 0 unspecified atom stereocenters. The van der Waals surface area contributed by atoms with Crippen LogP contribution < -0.4 is 9.80 Å². The van der Waals surface area contributed by atoms with Gasteiger partial charge in [-0.3, -0.25) is 5.10 Å². The normalized spacial score (nSPS) is 21.6. The molecule has 1 fully saturated rings. The maximum atomic E-state index is 9.47. The minimum Gasteiger partial charge on any atom is -0.396 e. The summed E-state index contributed by atoms with van der Waals surface area (Å²) >= 11 is 0. The summed E-state index contributed by atoms with van der Waals surface area (Å²) in [7, 11) is 0. The molecule has 3 aromatic rings. The molecular formula is C23H28N4O. The molecule has 0 radical (unpaired) electrons. The second-order valence-corrected chi connectivity index (χ2v) is 8.10. The van der Waals surface area contributed by atoms with Gasteiger partial charge >= 0.3 is 0 Å². The van der Waals surface area contributed by atoms with Gasteiger partial charge in [-0.15, -0.1) is 0 Å². The monoisotopic (exact) mass is 376 g/mol. The summed E-state index contributed by atoms with van der Waals surface area (Å²) < 4.78 is 0. The predicted molar refractivity (Wildman–Crippen MR) is 114 cm³/mol. The Morgan fingerprint density at radius 1 is 1.00 bits per heavy atom. The molecule has 2 aromatic carbocycles. The third kappa shape index (κ3) is 3.04. The fourth-order valence-electron chi connectivity index (χ4n) is 5.11. The van der Waals surface area contributed by atoms with Crippen LogP contribution in [0.25, 0.3) is 10.9 Å². The number of aliphatic hydroxyl groups is 1. The van der Waals surface area contributed by atoms with E-state index in [2.05, 4.69) is 62.5 Å². The van der Waals surface area contributed by atoms with Crippen LogP contribution in [0, 0.1) is 0 Å². The highest BCUT2D eigenvalue weighted by atomic mass is 16.3. The fourth-order valence-corrected chi connectivity index (χ4v) is 5.11. The van der Waals surface area contributed by atoms with E-state index in [1.165, 1.54) is 42.6 Å². The van der Waals surface area contributed by atoms with E-state index in [0.717, 1.165) is 30.4 Å². The number of H-pyrrole nitrogens is 1. The minimum atomic E-state index is 0.241. The second kappa shape index (κ2) is 7.47. The Morgan fingerprint density at radius 3 is 2.54 bits per heavy atom. The van der Waals surface area contributed by atoms with Crippen LogP contribution in [0.2, 0.25) is 0 Å². The van der Waals surface area contributed by atoms with Crippen LogP contribution in [0.3, 0.4) is 0 Å². The van der Waals surface area contributed by atoms with Gasteiger partial charge in [0.2, 0.25) is 0 Å². The molecule has 5 nitrogen and oxygen atoms in total. The topological polar surface area (TPSA) is 55.4 Å². The second-order valence-electron chi connectivity index (χ2n) is 8.10. The predicted octanol–water partition coefficient (Wildman–Crippen LogP) is 4.08. The molecule has 2 N–H and O–H groups in total. The average Bonchev–Trinajstić information content (AvgIpc) is 3.20. The summed E-state index contributed by atoms with van der Waals surface area (Å²) in [5, 5.41) is 18.0. The van der Waals surface area contributed by atoms with Gasteiger partial charge in [-0.1, -0.05) is 43.2 Å². The first-order chi connectivity index (χ1) is 13.8. The Labute approximate surface area is 166 Å². The zero-order valence-corrected chi connectivity index (χ0v) is 16.2. The Hall–Kier alpha value is -2.53. The van der Waals surface area contributed by atoms with Gasteiger partial charge in [0.15, 0.2) is 0 Å². The van der Waals surface area contributed by atoms with Gasteiger partial charge in [0, 0.05) is 37.2 Å². The fraction of sp³-hybridized carbons (Fsp3) is 0.435. The number of aliphatic hydroxyl groups excluding tert-OH is 1.